The van der Waals surface area contributed by atoms with Crippen molar-refractivity contribution in [2.24, 2.45) is 0 Å². The Kier molecular flexibility index (Phi) is 9.47. The SMILES string of the molecule is C#CCNC(=O)CCCCCN1C(=CC=CC2=[N+](C)c3ccc4ccccc4c3C2(C)C)C(C)(C)c2c1ccc1ccccc21.[Cl-]. The molecule has 0 unspecified atom stereocenters. The number of halogens is 1. The number of nitrogens with zero attached hydrogens (tertiary/aromatic N) is 2. The number of fused-ring (bicyclic) bond motifs is 6. The maximum absolute atomic E-state index is 12.0. The summed E-state index contributed by atoms with van der Waals surface area (Å²) in [5.41, 5.74) is 7.64. The molecule has 2 heterocycles. The zero-order valence-electron chi connectivity index (χ0n) is 27.7. The lowest BCUT2D eigenvalue weighted by molar-refractivity contribution is -0.401. The second-order valence-electron chi connectivity index (χ2n) is 13.4. The van der Waals surface area contributed by atoms with Crippen LogP contribution in [0, 0.1) is 12.3 Å². The minimum absolute atomic E-state index is 0. The maximum atomic E-state index is 12.0. The summed E-state index contributed by atoms with van der Waals surface area (Å²) < 4.78 is 2.36. The van der Waals surface area contributed by atoms with Crippen LogP contribution in [0.5, 0.6) is 0 Å². The van der Waals surface area contributed by atoms with Crippen LogP contribution in [-0.2, 0) is 15.6 Å². The fourth-order valence-electron chi connectivity index (χ4n) is 7.67. The summed E-state index contributed by atoms with van der Waals surface area (Å²) in [6, 6.07) is 26.5. The van der Waals surface area contributed by atoms with E-state index in [0.717, 1.165) is 25.8 Å². The molecule has 0 radical (unpaired) electrons. The van der Waals surface area contributed by atoms with Gasteiger partial charge >= 0.3 is 0 Å². The number of terminal acetylenes is 1. The number of unbranched alkanes of at least 4 members (excludes halogenated alkanes) is 2. The van der Waals surface area contributed by atoms with Crippen molar-refractivity contribution in [3.8, 4) is 12.3 Å². The van der Waals surface area contributed by atoms with Crippen molar-refractivity contribution in [2.75, 3.05) is 25.0 Å². The van der Waals surface area contributed by atoms with E-state index >= 15 is 0 Å². The fraction of sp³-hybridized carbons (Fsp3) is 0.317. The third-order valence-corrected chi connectivity index (χ3v) is 9.83. The molecule has 0 bridgehead atoms. The van der Waals surface area contributed by atoms with E-state index in [0.29, 0.717) is 13.0 Å². The lowest BCUT2D eigenvalue weighted by Crippen LogP contribution is -3.00. The molecule has 2 aliphatic heterocycles. The molecule has 0 aromatic heterocycles. The van der Waals surface area contributed by atoms with Crippen molar-refractivity contribution in [1.29, 1.82) is 0 Å². The Morgan fingerprint density at radius 3 is 2.22 bits per heavy atom. The number of anilines is 1. The largest absolute Gasteiger partial charge is 1.00 e. The summed E-state index contributed by atoms with van der Waals surface area (Å²) >= 11 is 0. The van der Waals surface area contributed by atoms with Gasteiger partial charge in [-0.25, -0.2) is 0 Å². The van der Waals surface area contributed by atoms with E-state index in [1.54, 1.807) is 0 Å². The molecule has 4 aromatic carbocycles. The van der Waals surface area contributed by atoms with Crippen molar-refractivity contribution in [1.82, 2.24) is 5.32 Å². The third-order valence-electron chi connectivity index (χ3n) is 9.83. The van der Waals surface area contributed by atoms with E-state index < -0.39 is 0 Å². The maximum Gasteiger partial charge on any atom is 0.220 e. The van der Waals surface area contributed by atoms with Crippen LogP contribution in [0.2, 0.25) is 0 Å². The molecule has 0 atom stereocenters. The van der Waals surface area contributed by atoms with Gasteiger partial charge in [0.25, 0.3) is 0 Å². The molecule has 6 rings (SSSR count). The summed E-state index contributed by atoms with van der Waals surface area (Å²) in [6.07, 6.45) is 15.5. The van der Waals surface area contributed by atoms with Crippen molar-refractivity contribution in [3.05, 3.63) is 108 Å². The van der Waals surface area contributed by atoms with Crippen LogP contribution >= 0.6 is 0 Å². The van der Waals surface area contributed by atoms with Crippen LogP contribution in [0.4, 0.5) is 11.4 Å². The van der Waals surface area contributed by atoms with Gasteiger partial charge in [0, 0.05) is 47.5 Å². The Labute approximate surface area is 280 Å². The van der Waals surface area contributed by atoms with Gasteiger partial charge in [-0.15, -0.1) is 6.42 Å². The van der Waals surface area contributed by atoms with Crippen molar-refractivity contribution in [3.63, 3.8) is 0 Å². The summed E-state index contributed by atoms with van der Waals surface area (Å²) in [4.78, 5) is 14.6. The Bertz CT molecular complexity index is 1940. The highest BCUT2D eigenvalue weighted by Crippen LogP contribution is 2.51. The second kappa shape index (κ2) is 13.2. The zero-order valence-corrected chi connectivity index (χ0v) is 28.4. The Morgan fingerprint density at radius 2 is 1.52 bits per heavy atom. The van der Waals surface area contributed by atoms with Crippen LogP contribution < -0.4 is 22.6 Å². The number of nitrogens with one attached hydrogen (secondary N) is 1. The molecule has 0 spiro atoms. The summed E-state index contributed by atoms with van der Waals surface area (Å²) in [5, 5.41) is 7.97. The second-order valence-corrected chi connectivity index (χ2v) is 13.4. The van der Waals surface area contributed by atoms with E-state index in [-0.39, 0.29) is 29.1 Å². The van der Waals surface area contributed by atoms with Crippen LogP contribution in [0.1, 0.15) is 64.5 Å². The molecule has 0 aliphatic carbocycles. The minimum Gasteiger partial charge on any atom is -1.00 e. The van der Waals surface area contributed by atoms with Gasteiger partial charge in [-0.1, -0.05) is 86.9 Å². The molecule has 0 saturated heterocycles. The number of allylic oxidation sites excluding steroid dienone is 4. The van der Waals surface area contributed by atoms with E-state index in [4.69, 9.17) is 6.42 Å². The smallest absolute Gasteiger partial charge is 0.220 e. The highest BCUT2D eigenvalue weighted by molar-refractivity contribution is 6.07. The van der Waals surface area contributed by atoms with Crippen molar-refractivity contribution >= 4 is 44.5 Å². The highest BCUT2D eigenvalue weighted by Gasteiger charge is 2.44. The molecule has 1 amide bonds. The molecule has 0 fully saturated rings. The van der Waals surface area contributed by atoms with Crippen LogP contribution in [0.15, 0.2) is 96.7 Å². The zero-order chi connectivity index (χ0) is 31.8. The number of hydrogen-bond donors (Lipinski definition) is 1. The standard InChI is InChI=1S/C41H43N3O.ClH/c1-7-27-42-37(45)22-9-8-14-28-44-34-26-24-30-17-11-13-19-32(30)39(34)41(4,5)36(44)21-15-20-35-40(2,3)38-31-18-12-10-16-29(31)23-25-33(38)43(35)6;/h1,10-13,15-21,23-26H,8-9,14,22,27-28H2,2-6H3;1H. The lowest BCUT2D eigenvalue weighted by atomic mass is 9.79. The van der Waals surface area contributed by atoms with Gasteiger partial charge in [0.2, 0.25) is 11.6 Å². The summed E-state index contributed by atoms with van der Waals surface area (Å²) in [7, 11) is 2.19. The first-order valence-corrected chi connectivity index (χ1v) is 16.2. The van der Waals surface area contributed by atoms with Crippen molar-refractivity contribution in [2.45, 2.75) is 64.2 Å². The molecule has 2 aliphatic rings. The summed E-state index contributed by atoms with van der Waals surface area (Å²) in [6.45, 7) is 10.6. The first kappa shape index (κ1) is 33.0. The summed E-state index contributed by atoms with van der Waals surface area (Å²) in [5.74, 6) is 2.50. The molecule has 1 N–H and O–H groups in total. The highest BCUT2D eigenvalue weighted by atomic mass is 35.5. The van der Waals surface area contributed by atoms with E-state index in [2.05, 4.69) is 146 Å². The molecule has 46 heavy (non-hydrogen) atoms. The Hall–Kier alpha value is -4.33. The van der Waals surface area contributed by atoms with Crippen LogP contribution in [-0.4, -0.2) is 36.3 Å². The third kappa shape index (κ3) is 5.74. The average molecular weight is 630 g/mol. The van der Waals surface area contributed by atoms with Crippen LogP contribution in [0.25, 0.3) is 21.5 Å². The Morgan fingerprint density at radius 1 is 0.870 bits per heavy atom. The van der Waals surface area contributed by atoms with Crippen molar-refractivity contribution < 1.29 is 21.8 Å². The molecular formula is C41H44ClN3O. The quantitative estimate of drug-likeness (QED) is 0.150. The molecule has 236 valence electrons. The molecule has 4 aromatic rings. The van der Waals surface area contributed by atoms with Gasteiger partial charge in [-0.2, -0.15) is 4.58 Å². The van der Waals surface area contributed by atoms with Crippen LogP contribution in [0.3, 0.4) is 0 Å². The topological polar surface area (TPSA) is 35.4 Å². The first-order chi connectivity index (χ1) is 21.7. The lowest BCUT2D eigenvalue weighted by Gasteiger charge is -2.27. The van der Waals surface area contributed by atoms with Gasteiger partial charge in [-0.3, -0.25) is 4.79 Å². The van der Waals surface area contributed by atoms with Gasteiger partial charge < -0.3 is 22.6 Å². The molecule has 4 nitrogen and oxygen atoms in total. The number of rotatable bonds is 9. The van der Waals surface area contributed by atoms with Gasteiger partial charge in [0.05, 0.1) is 12.0 Å². The Balaban J connectivity index is 0.00000417. The van der Waals surface area contributed by atoms with Gasteiger partial charge in [-0.05, 0) is 72.0 Å². The average Bonchev–Trinajstić information content (AvgIpc) is 3.37. The monoisotopic (exact) mass is 629 g/mol. The number of hydrogen-bond acceptors (Lipinski definition) is 2. The van der Waals surface area contributed by atoms with E-state index in [9.17, 15) is 4.79 Å². The number of benzene rings is 4. The fourth-order valence-corrected chi connectivity index (χ4v) is 7.67. The first-order valence-electron chi connectivity index (χ1n) is 16.2. The van der Waals surface area contributed by atoms with Gasteiger partial charge in [0.15, 0.2) is 5.71 Å². The normalized spacial score (nSPS) is 17.0. The molecule has 5 heteroatoms. The number of amides is 1. The van der Waals surface area contributed by atoms with E-state index in [1.165, 1.54) is 55.5 Å². The minimum atomic E-state index is -0.170. The molecule has 0 saturated carbocycles. The molecular weight excluding hydrogens is 586 g/mol. The number of carbonyl (C=O) groups excluding carboxylic acids is 1. The van der Waals surface area contributed by atoms with E-state index in [1.807, 2.05) is 0 Å². The number of carbonyl (C=O) groups is 1. The predicted molar refractivity (Wildman–Crippen MR) is 190 cm³/mol. The van der Waals surface area contributed by atoms with Gasteiger partial charge in [0.1, 0.15) is 7.05 Å². The predicted octanol–water partition coefficient (Wildman–Crippen LogP) is 5.55.